The van der Waals surface area contributed by atoms with E-state index in [1.54, 1.807) is 17.5 Å². The summed E-state index contributed by atoms with van der Waals surface area (Å²) >= 11 is 1.67. The monoisotopic (exact) mass is 386 g/mol. The predicted octanol–water partition coefficient (Wildman–Crippen LogP) is 6.06. The highest BCUT2D eigenvalue weighted by Gasteiger charge is 2.13. The van der Waals surface area contributed by atoms with Crippen LogP contribution in [0.3, 0.4) is 0 Å². The van der Waals surface area contributed by atoms with E-state index in [0.717, 1.165) is 39.8 Å². The van der Waals surface area contributed by atoms with Crippen molar-refractivity contribution < 1.29 is 0 Å². The lowest BCUT2D eigenvalue weighted by Crippen LogP contribution is -2.04. The molecule has 0 atom stereocenters. The van der Waals surface area contributed by atoms with Gasteiger partial charge in [0, 0.05) is 18.3 Å². The van der Waals surface area contributed by atoms with Gasteiger partial charge in [0.2, 0.25) is 5.95 Å². The molecule has 4 nitrogen and oxygen atoms in total. The molecule has 0 aliphatic carbocycles. The van der Waals surface area contributed by atoms with E-state index in [1.165, 1.54) is 11.1 Å². The van der Waals surface area contributed by atoms with E-state index in [0.29, 0.717) is 5.95 Å². The predicted molar refractivity (Wildman–Crippen MR) is 118 cm³/mol. The summed E-state index contributed by atoms with van der Waals surface area (Å²) in [6.07, 6.45) is 2.84. The van der Waals surface area contributed by atoms with Crippen LogP contribution in [0.2, 0.25) is 0 Å². The molecule has 4 rings (SSSR count). The molecule has 1 N–H and O–H groups in total. The first-order valence-corrected chi connectivity index (χ1v) is 10.3. The third-order valence-corrected chi connectivity index (χ3v) is 5.69. The second-order valence-electron chi connectivity index (χ2n) is 6.57. The third-order valence-electron chi connectivity index (χ3n) is 4.46. The van der Waals surface area contributed by atoms with E-state index in [4.69, 9.17) is 4.98 Å². The molecule has 28 heavy (non-hydrogen) atoms. The molecule has 0 aliphatic rings. The van der Waals surface area contributed by atoms with Gasteiger partial charge in [-0.3, -0.25) is 0 Å². The van der Waals surface area contributed by atoms with Crippen molar-refractivity contribution >= 4 is 17.3 Å². The first-order valence-electron chi connectivity index (χ1n) is 9.45. The fourth-order valence-electron chi connectivity index (χ4n) is 3.00. The van der Waals surface area contributed by atoms with Crippen LogP contribution in [0.5, 0.6) is 0 Å². The van der Waals surface area contributed by atoms with Crippen molar-refractivity contribution in [2.45, 2.75) is 20.3 Å². The number of nitrogens with zero attached hydrogens (tertiary/aromatic N) is 3. The largest absolute Gasteiger partial charge is 0.354 e. The maximum Gasteiger partial charge on any atom is 0.223 e. The Morgan fingerprint density at radius 3 is 2.32 bits per heavy atom. The van der Waals surface area contributed by atoms with Gasteiger partial charge in [0.25, 0.3) is 0 Å². The lowest BCUT2D eigenvalue weighted by atomic mass is 10.0. The fraction of sp³-hybridized carbons (Fsp3) is 0.174. The van der Waals surface area contributed by atoms with Gasteiger partial charge < -0.3 is 5.32 Å². The molecule has 2 heterocycles. The zero-order valence-electron chi connectivity index (χ0n) is 16.0. The SMILES string of the molecule is CCCNc1nccc(-c2sc(-c3ccc(-c4ccccc4)cc3)nc2C)n1. The number of nitrogens with one attached hydrogen (secondary N) is 1. The summed E-state index contributed by atoms with van der Waals surface area (Å²) in [7, 11) is 0. The van der Waals surface area contributed by atoms with Gasteiger partial charge >= 0.3 is 0 Å². The van der Waals surface area contributed by atoms with Crippen LogP contribution < -0.4 is 5.32 Å². The number of thiazole rings is 1. The van der Waals surface area contributed by atoms with E-state index in [2.05, 4.69) is 70.7 Å². The minimum absolute atomic E-state index is 0.668. The quantitative estimate of drug-likeness (QED) is 0.437. The molecule has 0 saturated carbocycles. The summed E-state index contributed by atoms with van der Waals surface area (Å²) in [6.45, 7) is 5.03. The Morgan fingerprint density at radius 1 is 0.857 bits per heavy atom. The number of aromatic nitrogens is 3. The zero-order valence-corrected chi connectivity index (χ0v) is 16.8. The summed E-state index contributed by atoms with van der Waals surface area (Å²) in [4.78, 5) is 14.8. The molecule has 0 aliphatic heterocycles. The first-order chi connectivity index (χ1) is 13.7. The van der Waals surface area contributed by atoms with Crippen molar-refractivity contribution in [3.63, 3.8) is 0 Å². The maximum absolute atomic E-state index is 4.79. The van der Waals surface area contributed by atoms with Gasteiger partial charge in [-0.05, 0) is 30.5 Å². The molecular formula is C23H22N4S. The van der Waals surface area contributed by atoms with Gasteiger partial charge in [0.1, 0.15) is 5.01 Å². The van der Waals surface area contributed by atoms with Gasteiger partial charge in [0.15, 0.2) is 0 Å². The molecule has 5 heteroatoms. The van der Waals surface area contributed by atoms with Gasteiger partial charge in [-0.1, -0.05) is 61.5 Å². The van der Waals surface area contributed by atoms with Crippen LogP contribution >= 0.6 is 11.3 Å². The highest BCUT2D eigenvalue weighted by Crippen LogP contribution is 2.35. The molecule has 140 valence electrons. The maximum atomic E-state index is 4.79. The van der Waals surface area contributed by atoms with Gasteiger partial charge in [-0.2, -0.15) is 0 Å². The third kappa shape index (κ3) is 3.94. The molecule has 2 aromatic carbocycles. The second kappa shape index (κ2) is 8.31. The second-order valence-corrected chi connectivity index (χ2v) is 7.57. The van der Waals surface area contributed by atoms with Crippen LogP contribution in [0.4, 0.5) is 5.95 Å². The topological polar surface area (TPSA) is 50.7 Å². The zero-order chi connectivity index (χ0) is 19.3. The molecular weight excluding hydrogens is 364 g/mol. The van der Waals surface area contributed by atoms with Crippen molar-refractivity contribution in [2.75, 3.05) is 11.9 Å². The van der Waals surface area contributed by atoms with Crippen molar-refractivity contribution in [3.05, 3.63) is 72.6 Å². The van der Waals surface area contributed by atoms with Crippen molar-refractivity contribution in [3.8, 4) is 32.3 Å². The number of anilines is 1. The Hall–Kier alpha value is -3.05. The molecule has 0 bridgehead atoms. The van der Waals surface area contributed by atoms with Crippen LogP contribution in [-0.2, 0) is 0 Å². The minimum atomic E-state index is 0.668. The number of rotatable bonds is 6. The number of benzene rings is 2. The Bertz CT molecular complexity index is 1060. The smallest absolute Gasteiger partial charge is 0.223 e. The van der Waals surface area contributed by atoms with Crippen LogP contribution in [0.15, 0.2) is 66.9 Å². The van der Waals surface area contributed by atoms with Crippen molar-refractivity contribution in [1.82, 2.24) is 15.0 Å². The van der Waals surface area contributed by atoms with Crippen LogP contribution in [0, 0.1) is 6.92 Å². The molecule has 0 saturated heterocycles. The molecule has 0 fully saturated rings. The Labute approximate surface area is 169 Å². The Balaban J connectivity index is 1.61. The summed E-state index contributed by atoms with van der Waals surface area (Å²) in [5, 5.41) is 4.25. The Morgan fingerprint density at radius 2 is 1.57 bits per heavy atom. The molecule has 0 unspecified atom stereocenters. The first kappa shape index (κ1) is 18.3. The lowest BCUT2D eigenvalue weighted by Gasteiger charge is -2.04. The normalized spacial score (nSPS) is 10.8. The molecule has 4 aromatic rings. The van der Waals surface area contributed by atoms with E-state index in [1.807, 2.05) is 19.1 Å². The van der Waals surface area contributed by atoms with Crippen molar-refractivity contribution in [2.24, 2.45) is 0 Å². The number of aryl methyl sites for hydroxylation is 1. The highest BCUT2D eigenvalue weighted by atomic mass is 32.1. The van der Waals surface area contributed by atoms with E-state index < -0.39 is 0 Å². The number of hydrogen-bond donors (Lipinski definition) is 1. The van der Waals surface area contributed by atoms with Crippen LogP contribution in [-0.4, -0.2) is 21.5 Å². The molecule has 0 amide bonds. The van der Waals surface area contributed by atoms with E-state index >= 15 is 0 Å². The highest BCUT2D eigenvalue weighted by molar-refractivity contribution is 7.18. The molecule has 0 spiro atoms. The fourth-order valence-corrected chi connectivity index (χ4v) is 4.04. The summed E-state index contributed by atoms with van der Waals surface area (Å²) in [5.74, 6) is 0.668. The van der Waals surface area contributed by atoms with Gasteiger partial charge in [0.05, 0.1) is 16.3 Å². The molecule has 2 aromatic heterocycles. The summed E-state index contributed by atoms with van der Waals surface area (Å²) < 4.78 is 0. The van der Waals surface area contributed by atoms with E-state index in [-0.39, 0.29) is 0 Å². The lowest BCUT2D eigenvalue weighted by molar-refractivity contribution is 0.953. The van der Waals surface area contributed by atoms with Crippen LogP contribution in [0.25, 0.3) is 32.3 Å². The van der Waals surface area contributed by atoms with Gasteiger partial charge in [-0.15, -0.1) is 11.3 Å². The van der Waals surface area contributed by atoms with Crippen molar-refractivity contribution in [1.29, 1.82) is 0 Å². The Kier molecular flexibility index (Phi) is 5.44. The molecule has 0 radical (unpaired) electrons. The minimum Gasteiger partial charge on any atom is -0.354 e. The van der Waals surface area contributed by atoms with Crippen LogP contribution in [0.1, 0.15) is 19.0 Å². The average molecular weight is 387 g/mol. The van der Waals surface area contributed by atoms with E-state index in [9.17, 15) is 0 Å². The standard InChI is InChI=1S/C23H22N4S/c1-3-14-24-23-25-15-13-20(27-23)21-16(2)26-22(28-21)19-11-9-18(10-12-19)17-7-5-4-6-8-17/h4-13,15H,3,14H2,1-2H3,(H,24,25,27). The number of hydrogen-bond acceptors (Lipinski definition) is 5. The summed E-state index contributed by atoms with van der Waals surface area (Å²) in [6, 6.07) is 20.9. The van der Waals surface area contributed by atoms with Gasteiger partial charge in [-0.25, -0.2) is 15.0 Å². The summed E-state index contributed by atoms with van der Waals surface area (Å²) in [5.41, 5.74) is 5.46. The average Bonchev–Trinajstić information content (AvgIpc) is 3.15.